The second-order valence-corrected chi connectivity index (χ2v) is 6.81. The molecular weight excluding hydrogens is 294 g/mol. The highest BCUT2D eigenvalue weighted by atomic mass is 32.2. The van der Waals surface area contributed by atoms with Gasteiger partial charge in [0.2, 0.25) is 0 Å². The van der Waals surface area contributed by atoms with Gasteiger partial charge in [0.05, 0.1) is 12.7 Å². The third-order valence-corrected chi connectivity index (χ3v) is 4.19. The minimum Gasteiger partial charge on any atom is -0.497 e. The first kappa shape index (κ1) is 16.4. The molecule has 1 N–H and O–H groups in total. The number of amides is 1. The van der Waals surface area contributed by atoms with Crippen molar-refractivity contribution in [2.45, 2.75) is 30.5 Å². The van der Waals surface area contributed by atoms with Crippen LogP contribution in [0.3, 0.4) is 0 Å². The molecule has 0 aliphatic rings. The summed E-state index contributed by atoms with van der Waals surface area (Å²) < 4.78 is 5.13. The highest BCUT2D eigenvalue weighted by Crippen LogP contribution is 2.26. The van der Waals surface area contributed by atoms with Crippen LogP contribution in [0.4, 0.5) is 0 Å². The molecule has 0 unspecified atom stereocenters. The largest absolute Gasteiger partial charge is 0.497 e. The molecule has 3 nitrogen and oxygen atoms in total. The van der Waals surface area contributed by atoms with Crippen molar-refractivity contribution >= 4 is 17.7 Å². The Labute approximate surface area is 136 Å². The van der Waals surface area contributed by atoms with Gasteiger partial charge in [-0.1, -0.05) is 38.1 Å². The van der Waals surface area contributed by atoms with Crippen molar-refractivity contribution < 1.29 is 9.53 Å². The van der Waals surface area contributed by atoms with Crippen molar-refractivity contribution in [3.05, 3.63) is 59.7 Å². The Morgan fingerprint density at radius 2 is 1.82 bits per heavy atom. The van der Waals surface area contributed by atoms with Gasteiger partial charge in [0.1, 0.15) is 5.75 Å². The normalized spacial score (nSPS) is 10.5. The maximum atomic E-state index is 12.4. The van der Waals surface area contributed by atoms with Crippen LogP contribution in [0.15, 0.2) is 53.4 Å². The first-order valence-corrected chi connectivity index (χ1v) is 8.15. The lowest BCUT2D eigenvalue weighted by Gasteiger charge is -2.11. The van der Waals surface area contributed by atoms with Gasteiger partial charge in [0.15, 0.2) is 0 Å². The van der Waals surface area contributed by atoms with Crippen LogP contribution in [0.25, 0.3) is 0 Å². The Hall–Kier alpha value is -1.94. The third-order valence-electron chi connectivity index (χ3n) is 3.11. The zero-order valence-electron chi connectivity index (χ0n) is 13.1. The molecule has 2 rings (SSSR count). The lowest BCUT2D eigenvalue weighted by atomic mass is 10.2. The predicted molar refractivity (Wildman–Crippen MR) is 91.6 cm³/mol. The van der Waals surface area contributed by atoms with Crippen LogP contribution in [0.5, 0.6) is 5.75 Å². The van der Waals surface area contributed by atoms with E-state index in [1.807, 2.05) is 48.5 Å². The minimum atomic E-state index is -0.0421. The highest BCUT2D eigenvalue weighted by Gasteiger charge is 2.12. The van der Waals surface area contributed by atoms with Crippen molar-refractivity contribution in [2.24, 2.45) is 0 Å². The van der Waals surface area contributed by atoms with Gasteiger partial charge < -0.3 is 10.1 Å². The number of carbonyl (C=O) groups is 1. The summed E-state index contributed by atoms with van der Waals surface area (Å²) in [7, 11) is 1.64. The molecule has 0 saturated carbocycles. The zero-order valence-corrected chi connectivity index (χ0v) is 13.9. The topological polar surface area (TPSA) is 38.3 Å². The molecule has 1 amide bonds. The van der Waals surface area contributed by atoms with Crippen LogP contribution in [0, 0.1) is 0 Å². The molecule has 0 aromatic heterocycles. The van der Waals surface area contributed by atoms with Crippen LogP contribution in [-0.4, -0.2) is 18.3 Å². The number of methoxy groups -OCH3 is 1. The number of thioether (sulfide) groups is 1. The molecule has 0 aliphatic heterocycles. The van der Waals surface area contributed by atoms with Crippen LogP contribution < -0.4 is 10.1 Å². The molecule has 116 valence electrons. The van der Waals surface area contributed by atoms with E-state index in [1.54, 1.807) is 18.9 Å². The van der Waals surface area contributed by atoms with E-state index in [0.29, 0.717) is 11.8 Å². The van der Waals surface area contributed by atoms with Gasteiger partial charge in [0.25, 0.3) is 5.91 Å². The lowest BCUT2D eigenvalue weighted by Crippen LogP contribution is -2.23. The lowest BCUT2D eigenvalue weighted by molar-refractivity contribution is 0.0948. The van der Waals surface area contributed by atoms with E-state index in [0.717, 1.165) is 21.8 Å². The molecular formula is C18H21NO2S. The van der Waals surface area contributed by atoms with Gasteiger partial charge in [-0.25, -0.2) is 0 Å². The van der Waals surface area contributed by atoms with Gasteiger partial charge in [-0.3, -0.25) is 4.79 Å². The summed E-state index contributed by atoms with van der Waals surface area (Å²) >= 11 is 1.70. The monoisotopic (exact) mass is 315 g/mol. The zero-order chi connectivity index (χ0) is 15.9. The van der Waals surface area contributed by atoms with Crippen LogP contribution in [-0.2, 0) is 6.54 Å². The average molecular weight is 315 g/mol. The van der Waals surface area contributed by atoms with Gasteiger partial charge in [0, 0.05) is 16.7 Å². The smallest absolute Gasteiger partial charge is 0.252 e. The molecule has 0 atom stereocenters. The second-order valence-electron chi connectivity index (χ2n) is 5.19. The molecule has 0 heterocycles. The summed E-state index contributed by atoms with van der Waals surface area (Å²) in [6, 6.07) is 15.4. The highest BCUT2D eigenvalue weighted by molar-refractivity contribution is 8.00. The van der Waals surface area contributed by atoms with Crippen molar-refractivity contribution in [2.75, 3.05) is 7.11 Å². The van der Waals surface area contributed by atoms with E-state index in [1.165, 1.54) is 0 Å². The number of ether oxygens (including phenoxy) is 1. The molecule has 0 saturated heterocycles. The van der Waals surface area contributed by atoms with E-state index in [2.05, 4.69) is 19.2 Å². The van der Waals surface area contributed by atoms with Crippen molar-refractivity contribution in [1.82, 2.24) is 5.32 Å². The molecule has 0 fully saturated rings. The third kappa shape index (κ3) is 4.53. The number of hydrogen-bond acceptors (Lipinski definition) is 3. The Bertz CT molecular complexity index is 623. The van der Waals surface area contributed by atoms with E-state index >= 15 is 0 Å². The summed E-state index contributed by atoms with van der Waals surface area (Å²) in [5.41, 5.74) is 1.78. The number of rotatable bonds is 6. The number of benzene rings is 2. The molecule has 22 heavy (non-hydrogen) atoms. The fourth-order valence-corrected chi connectivity index (χ4v) is 2.98. The van der Waals surface area contributed by atoms with Crippen molar-refractivity contribution in [3.63, 3.8) is 0 Å². The summed E-state index contributed by atoms with van der Waals surface area (Å²) in [4.78, 5) is 13.4. The Morgan fingerprint density at radius 1 is 1.14 bits per heavy atom. The summed E-state index contributed by atoms with van der Waals surface area (Å²) in [5.74, 6) is 0.772. The maximum Gasteiger partial charge on any atom is 0.252 e. The first-order chi connectivity index (χ1) is 10.6. The number of carbonyl (C=O) groups excluding carboxylic acids is 1. The van der Waals surface area contributed by atoms with Crippen LogP contribution >= 0.6 is 11.8 Å². The molecule has 0 radical (unpaired) electrons. The second kappa shape index (κ2) is 7.90. The average Bonchev–Trinajstić information content (AvgIpc) is 2.53. The van der Waals surface area contributed by atoms with E-state index in [-0.39, 0.29) is 5.91 Å². The van der Waals surface area contributed by atoms with Gasteiger partial charge in [-0.05, 0) is 29.8 Å². The summed E-state index contributed by atoms with van der Waals surface area (Å²) in [6.45, 7) is 4.75. The van der Waals surface area contributed by atoms with Crippen LogP contribution in [0.1, 0.15) is 29.8 Å². The standard InChI is InChI=1S/C18H21NO2S/c1-13(2)22-17-7-5-4-6-16(17)18(20)19-12-14-8-10-15(21-3)11-9-14/h4-11,13H,12H2,1-3H3,(H,19,20). The Morgan fingerprint density at radius 3 is 2.45 bits per heavy atom. The molecule has 0 bridgehead atoms. The Kier molecular flexibility index (Phi) is 5.90. The molecule has 2 aromatic carbocycles. The van der Waals surface area contributed by atoms with E-state index in [9.17, 15) is 4.79 Å². The van der Waals surface area contributed by atoms with Crippen molar-refractivity contribution in [3.8, 4) is 5.75 Å². The van der Waals surface area contributed by atoms with E-state index in [4.69, 9.17) is 4.74 Å². The fourth-order valence-electron chi connectivity index (χ4n) is 2.03. The summed E-state index contributed by atoms with van der Waals surface area (Å²) in [6.07, 6.45) is 0. The van der Waals surface area contributed by atoms with Crippen LogP contribution in [0.2, 0.25) is 0 Å². The molecule has 2 aromatic rings. The SMILES string of the molecule is COc1ccc(CNC(=O)c2ccccc2SC(C)C)cc1. The predicted octanol–water partition coefficient (Wildman–Crippen LogP) is 4.13. The van der Waals surface area contributed by atoms with Gasteiger partial charge >= 0.3 is 0 Å². The van der Waals surface area contributed by atoms with Gasteiger partial charge in [-0.2, -0.15) is 0 Å². The number of nitrogens with one attached hydrogen (secondary N) is 1. The maximum absolute atomic E-state index is 12.4. The molecule has 4 heteroatoms. The number of hydrogen-bond donors (Lipinski definition) is 1. The summed E-state index contributed by atoms with van der Waals surface area (Å²) in [5, 5.41) is 3.41. The van der Waals surface area contributed by atoms with E-state index < -0.39 is 0 Å². The molecule has 0 aliphatic carbocycles. The van der Waals surface area contributed by atoms with Crippen molar-refractivity contribution in [1.29, 1.82) is 0 Å². The van der Waals surface area contributed by atoms with Gasteiger partial charge in [-0.15, -0.1) is 11.8 Å². The Balaban J connectivity index is 2.02. The quantitative estimate of drug-likeness (QED) is 0.815. The minimum absolute atomic E-state index is 0.0421. The fraction of sp³-hybridized carbons (Fsp3) is 0.278. The molecule has 0 spiro atoms. The first-order valence-electron chi connectivity index (χ1n) is 7.27.